The van der Waals surface area contributed by atoms with E-state index in [-0.39, 0.29) is 0 Å². The van der Waals surface area contributed by atoms with Crippen LogP contribution >= 0.6 is 22.9 Å². The van der Waals surface area contributed by atoms with E-state index in [1.54, 1.807) is 18.4 Å². The summed E-state index contributed by atoms with van der Waals surface area (Å²) >= 11 is 7.78. The molecule has 0 saturated heterocycles. The number of halogens is 1. The number of ether oxygens (including phenoxy) is 1. The zero-order valence-corrected chi connectivity index (χ0v) is 13.1. The van der Waals surface area contributed by atoms with E-state index in [1.807, 2.05) is 25.2 Å². The van der Waals surface area contributed by atoms with Crippen LogP contribution in [-0.2, 0) is 6.42 Å². The Morgan fingerprint density at radius 2 is 2.30 bits per heavy atom. The first-order valence-electron chi connectivity index (χ1n) is 6.73. The summed E-state index contributed by atoms with van der Waals surface area (Å²) in [7, 11) is 3.68. The molecular weight excluding hydrogens is 292 g/mol. The lowest BCUT2D eigenvalue weighted by Gasteiger charge is -2.19. The van der Waals surface area contributed by atoms with Gasteiger partial charge in [-0.15, -0.1) is 11.3 Å². The Morgan fingerprint density at radius 3 is 3.05 bits per heavy atom. The van der Waals surface area contributed by atoms with Gasteiger partial charge < -0.3 is 10.1 Å². The lowest BCUT2D eigenvalue weighted by Crippen LogP contribution is -2.19. The van der Waals surface area contributed by atoms with Crippen LogP contribution in [0.4, 0.5) is 0 Å². The van der Waals surface area contributed by atoms with Crippen LogP contribution in [0.1, 0.15) is 29.5 Å². The van der Waals surface area contributed by atoms with Crippen molar-refractivity contribution in [3.05, 3.63) is 33.8 Å². The van der Waals surface area contributed by atoms with Crippen LogP contribution in [0.2, 0.25) is 5.02 Å². The van der Waals surface area contributed by atoms with Gasteiger partial charge in [-0.3, -0.25) is 0 Å². The third-order valence-corrected chi connectivity index (χ3v) is 5.17. The number of nitrogens with zero attached hydrogens (tertiary/aromatic N) is 1. The van der Waals surface area contributed by atoms with E-state index in [1.165, 1.54) is 23.4 Å². The Balaban J connectivity index is 2.05. The molecule has 3 nitrogen and oxygen atoms in total. The van der Waals surface area contributed by atoms with Gasteiger partial charge in [0.25, 0.3) is 0 Å². The van der Waals surface area contributed by atoms with Gasteiger partial charge in [-0.25, -0.2) is 4.98 Å². The second kappa shape index (κ2) is 5.72. The number of aryl methyl sites for hydroxylation is 1. The number of hydrogen-bond acceptors (Lipinski definition) is 4. The Labute approximate surface area is 127 Å². The van der Waals surface area contributed by atoms with Crippen molar-refractivity contribution in [3.63, 3.8) is 0 Å². The zero-order chi connectivity index (χ0) is 14.1. The van der Waals surface area contributed by atoms with Crippen LogP contribution in [0, 0.1) is 0 Å². The minimum Gasteiger partial charge on any atom is -0.496 e. The van der Waals surface area contributed by atoms with Crippen LogP contribution in [0.15, 0.2) is 18.2 Å². The number of nitrogens with one attached hydrogen (secondary N) is 1. The van der Waals surface area contributed by atoms with Gasteiger partial charge in [0.15, 0.2) is 0 Å². The summed E-state index contributed by atoms with van der Waals surface area (Å²) in [5.74, 6) is 0.782. The monoisotopic (exact) mass is 308 g/mol. The molecule has 3 rings (SSSR count). The van der Waals surface area contributed by atoms with E-state index in [9.17, 15) is 0 Å². The standard InChI is InChI=1S/C15H17ClN2OS/c1-17-11-4-3-5-12-14(11)20-15(18-12)10-7-6-9(16)8-13(10)19-2/h6-8,11,17H,3-5H2,1-2H3. The zero-order valence-electron chi connectivity index (χ0n) is 11.6. The first-order valence-corrected chi connectivity index (χ1v) is 7.93. The molecule has 1 unspecified atom stereocenters. The smallest absolute Gasteiger partial charge is 0.130 e. The predicted molar refractivity (Wildman–Crippen MR) is 83.9 cm³/mol. The second-order valence-electron chi connectivity index (χ2n) is 4.91. The number of hydrogen-bond donors (Lipinski definition) is 1. The van der Waals surface area contributed by atoms with E-state index in [0.717, 1.165) is 22.7 Å². The van der Waals surface area contributed by atoms with Crippen molar-refractivity contribution in [2.75, 3.05) is 14.2 Å². The highest BCUT2D eigenvalue weighted by atomic mass is 35.5. The number of benzene rings is 1. The molecule has 0 fully saturated rings. The third kappa shape index (κ3) is 2.43. The number of rotatable bonds is 3. The summed E-state index contributed by atoms with van der Waals surface area (Å²) in [6.45, 7) is 0. The molecule has 106 valence electrons. The maximum absolute atomic E-state index is 6.02. The van der Waals surface area contributed by atoms with Crippen LogP contribution in [0.25, 0.3) is 10.6 Å². The van der Waals surface area contributed by atoms with Gasteiger partial charge >= 0.3 is 0 Å². The van der Waals surface area contributed by atoms with Crippen LogP contribution in [-0.4, -0.2) is 19.1 Å². The molecule has 0 aliphatic heterocycles. The predicted octanol–water partition coefficient (Wildman–Crippen LogP) is 4.07. The fourth-order valence-electron chi connectivity index (χ4n) is 2.65. The molecule has 1 heterocycles. The molecular formula is C15H17ClN2OS. The molecule has 0 radical (unpaired) electrons. The molecule has 2 aromatic rings. The second-order valence-corrected chi connectivity index (χ2v) is 6.38. The Morgan fingerprint density at radius 1 is 1.45 bits per heavy atom. The highest BCUT2D eigenvalue weighted by molar-refractivity contribution is 7.15. The summed E-state index contributed by atoms with van der Waals surface area (Å²) in [6.07, 6.45) is 3.45. The Kier molecular flexibility index (Phi) is 3.96. The molecule has 0 saturated carbocycles. The molecule has 1 N–H and O–H groups in total. The SMILES string of the molecule is CNC1CCCc2nc(-c3ccc(Cl)cc3OC)sc21. The molecule has 0 spiro atoms. The van der Waals surface area contributed by atoms with Gasteiger partial charge in [-0.05, 0) is 44.5 Å². The molecule has 0 bridgehead atoms. The van der Waals surface area contributed by atoms with E-state index >= 15 is 0 Å². The summed E-state index contributed by atoms with van der Waals surface area (Å²) in [6, 6.07) is 6.14. The van der Waals surface area contributed by atoms with E-state index in [2.05, 4.69) is 5.32 Å². The third-order valence-electron chi connectivity index (χ3n) is 3.69. The minimum absolute atomic E-state index is 0.434. The summed E-state index contributed by atoms with van der Waals surface area (Å²) < 4.78 is 5.43. The number of fused-ring (bicyclic) bond motifs is 1. The largest absolute Gasteiger partial charge is 0.496 e. The average molecular weight is 309 g/mol. The lowest BCUT2D eigenvalue weighted by molar-refractivity contribution is 0.416. The van der Waals surface area contributed by atoms with Gasteiger partial charge in [-0.1, -0.05) is 11.6 Å². The molecule has 1 aliphatic carbocycles. The van der Waals surface area contributed by atoms with Crippen molar-refractivity contribution >= 4 is 22.9 Å². The number of methoxy groups -OCH3 is 1. The lowest BCUT2D eigenvalue weighted by atomic mass is 9.98. The first kappa shape index (κ1) is 13.9. The van der Waals surface area contributed by atoms with Gasteiger partial charge in [0.2, 0.25) is 0 Å². The Bertz CT molecular complexity index is 626. The molecule has 0 amide bonds. The van der Waals surface area contributed by atoms with E-state index in [4.69, 9.17) is 21.3 Å². The van der Waals surface area contributed by atoms with Gasteiger partial charge in [0.1, 0.15) is 10.8 Å². The summed E-state index contributed by atoms with van der Waals surface area (Å²) in [4.78, 5) is 6.18. The van der Waals surface area contributed by atoms with Gasteiger partial charge in [0.05, 0.1) is 18.4 Å². The first-order chi connectivity index (χ1) is 9.72. The highest BCUT2D eigenvalue weighted by Gasteiger charge is 2.24. The van der Waals surface area contributed by atoms with Crippen molar-refractivity contribution in [1.82, 2.24) is 10.3 Å². The fraction of sp³-hybridized carbons (Fsp3) is 0.400. The fourth-order valence-corrected chi connectivity index (χ4v) is 4.10. The van der Waals surface area contributed by atoms with E-state index < -0.39 is 0 Å². The highest BCUT2D eigenvalue weighted by Crippen LogP contribution is 2.41. The van der Waals surface area contributed by atoms with Crippen LogP contribution in [0.5, 0.6) is 5.75 Å². The van der Waals surface area contributed by atoms with Crippen LogP contribution in [0.3, 0.4) is 0 Å². The molecule has 1 atom stereocenters. The topological polar surface area (TPSA) is 34.2 Å². The number of aromatic nitrogens is 1. The van der Waals surface area contributed by atoms with Gasteiger partial charge in [-0.2, -0.15) is 0 Å². The maximum atomic E-state index is 6.02. The van der Waals surface area contributed by atoms with Crippen molar-refractivity contribution in [3.8, 4) is 16.3 Å². The van der Waals surface area contributed by atoms with Gasteiger partial charge in [0, 0.05) is 15.9 Å². The summed E-state index contributed by atoms with van der Waals surface area (Å²) in [5, 5.41) is 5.08. The number of thiazole rings is 1. The minimum atomic E-state index is 0.434. The van der Waals surface area contributed by atoms with E-state index in [0.29, 0.717) is 11.1 Å². The average Bonchev–Trinajstić information content (AvgIpc) is 2.90. The van der Waals surface area contributed by atoms with Crippen molar-refractivity contribution < 1.29 is 4.74 Å². The van der Waals surface area contributed by atoms with Crippen molar-refractivity contribution in [2.45, 2.75) is 25.3 Å². The molecule has 1 aromatic carbocycles. The normalized spacial score (nSPS) is 17.9. The quantitative estimate of drug-likeness (QED) is 0.928. The molecule has 1 aromatic heterocycles. The summed E-state index contributed by atoms with van der Waals surface area (Å²) in [5.41, 5.74) is 2.25. The molecule has 20 heavy (non-hydrogen) atoms. The van der Waals surface area contributed by atoms with Crippen LogP contribution < -0.4 is 10.1 Å². The molecule has 1 aliphatic rings. The van der Waals surface area contributed by atoms with Crippen molar-refractivity contribution in [1.29, 1.82) is 0 Å². The maximum Gasteiger partial charge on any atom is 0.130 e. The molecule has 5 heteroatoms. The van der Waals surface area contributed by atoms with Crippen molar-refractivity contribution in [2.24, 2.45) is 0 Å². The Hall–Kier alpha value is -1.10.